The summed E-state index contributed by atoms with van der Waals surface area (Å²) in [5.74, 6) is 0.592. The molecule has 130 valence electrons. The highest BCUT2D eigenvalue weighted by molar-refractivity contribution is 5.93. The second-order valence-electron chi connectivity index (χ2n) is 6.74. The number of anilines is 1. The maximum absolute atomic E-state index is 12.2. The Labute approximate surface area is 148 Å². The van der Waals surface area contributed by atoms with Crippen LogP contribution in [0.5, 0.6) is 0 Å². The Hall–Kier alpha value is -2.82. The zero-order chi connectivity index (χ0) is 17.8. The number of urea groups is 1. The van der Waals surface area contributed by atoms with E-state index in [1.165, 1.54) is 5.52 Å². The predicted molar refractivity (Wildman–Crippen MR) is 102 cm³/mol. The van der Waals surface area contributed by atoms with Gasteiger partial charge in [0.25, 0.3) is 0 Å². The molecule has 0 spiro atoms. The summed E-state index contributed by atoms with van der Waals surface area (Å²) in [7, 11) is 0. The molecule has 3 aromatic rings. The summed E-state index contributed by atoms with van der Waals surface area (Å²) in [5.41, 5.74) is 2.99. The minimum atomic E-state index is -0.217. The van der Waals surface area contributed by atoms with Crippen molar-refractivity contribution in [3.05, 3.63) is 60.6 Å². The first-order valence-corrected chi connectivity index (χ1v) is 8.59. The van der Waals surface area contributed by atoms with Crippen LogP contribution in [0.25, 0.3) is 10.9 Å². The van der Waals surface area contributed by atoms with Gasteiger partial charge in [-0.3, -0.25) is 4.98 Å². The second kappa shape index (κ2) is 7.38. The summed E-state index contributed by atoms with van der Waals surface area (Å²) in [6.07, 6.45) is 5.54. The molecule has 1 aromatic carbocycles. The van der Waals surface area contributed by atoms with Crippen molar-refractivity contribution in [3.8, 4) is 0 Å². The lowest BCUT2D eigenvalue weighted by atomic mass is 10.1. The number of rotatable bonds is 5. The molecule has 2 aromatic heterocycles. The summed E-state index contributed by atoms with van der Waals surface area (Å²) in [4.78, 5) is 16.2. The van der Waals surface area contributed by atoms with Crippen LogP contribution in [0.3, 0.4) is 0 Å². The lowest BCUT2D eigenvalue weighted by molar-refractivity contribution is 0.249. The minimum Gasteiger partial charge on any atom is -0.347 e. The van der Waals surface area contributed by atoms with Gasteiger partial charge in [0.15, 0.2) is 0 Å². The molecule has 5 nitrogen and oxygen atoms in total. The predicted octanol–water partition coefficient (Wildman–Crippen LogP) is 4.58. The smallest absolute Gasteiger partial charge is 0.319 e. The third kappa shape index (κ3) is 4.18. The molecule has 0 aliphatic rings. The molecule has 25 heavy (non-hydrogen) atoms. The summed E-state index contributed by atoms with van der Waals surface area (Å²) in [5, 5.41) is 6.98. The van der Waals surface area contributed by atoms with Gasteiger partial charge in [-0.2, -0.15) is 0 Å². The quantitative estimate of drug-likeness (QED) is 0.717. The van der Waals surface area contributed by atoms with Gasteiger partial charge in [0, 0.05) is 41.7 Å². The molecule has 5 heteroatoms. The van der Waals surface area contributed by atoms with Gasteiger partial charge >= 0.3 is 6.03 Å². The Bertz CT molecular complexity index is 855. The summed E-state index contributed by atoms with van der Waals surface area (Å²) in [6.45, 7) is 7.34. The normalized spacial score (nSPS) is 12.3. The number of benzene rings is 1. The van der Waals surface area contributed by atoms with E-state index < -0.39 is 0 Å². The maximum atomic E-state index is 12.2. The Morgan fingerprint density at radius 3 is 2.60 bits per heavy atom. The molecule has 0 radical (unpaired) electrons. The fourth-order valence-corrected chi connectivity index (χ4v) is 2.93. The van der Waals surface area contributed by atoms with Crippen LogP contribution in [0.2, 0.25) is 0 Å². The molecule has 0 saturated heterocycles. The van der Waals surface area contributed by atoms with Crippen LogP contribution in [-0.2, 0) is 6.54 Å². The van der Waals surface area contributed by atoms with Gasteiger partial charge in [0.2, 0.25) is 0 Å². The number of carbonyl (C=O) groups excluding carboxylic acids is 1. The number of nitrogens with zero attached hydrogens (tertiary/aromatic N) is 2. The zero-order valence-corrected chi connectivity index (χ0v) is 14.9. The average molecular weight is 336 g/mol. The van der Waals surface area contributed by atoms with Gasteiger partial charge < -0.3 is 15.2 Å². The van der Waals surface area contributed by atoms with Gasteiger partial charge in [0.1, 0.15) is 0 Å². The SMILES string of the molecule is CC(C)Cn1ccc2cc(NC(=O)NC(C)c3ccncc3)ccc21. The van der Waals surface area contributed by atoms with E-state index in [1.807, 2.05) is 31.2 Å². The molecule has 0 saturated carbocycles. The van der Waals surface area contributed by atoms with E-state index in [2.05, 4.69) is 52.4 Å². The molecular weight excluding hydrogens is 312 g/mol. The van der Waals surface area contributed by atoms with Crippen LogP contribution in [0.15, 0.2) is 55.0 Å². The van der Waals surface area contributed by atoms with Crippen molar-refractivity contribution < 1.29 is 4.79 Å². The molecule has 1 unspecified atom stereocenters. The highest BCUT2D eigenvalue weighted by atomic mass is 16.2. The van der Waals surface area contributed by atoms with Crippen LogP contribution in [0.1, 0.15) is 32.4 Å². The standard InChI is InChI=1S/C20H24N4O/c1-14(2)13-24-11-8-17-12-18(4-5-19(17)24)23-20(25)22-15(3)16-6-9-21-10-7-16/h4-12,14-15H,13H2,1-3H3,(H2,22,23,25). The van der Waals surface area contributed by atoms with Crippen molar-refractivity contribution in [2.45, 2.75) is 33.4 Å². The van der Waals surface area contributed by atoms with E-state index >= 15 is 0 Å². The lowest BCUT2D eigenvalue weighted by Gasteiger charge is -2.15. The Kier molecular flexibility index (Phi) is 5.03. The molecule has 3 rings (SSSR count). The second-order valence-corrected chi connectivity index (χ2v) is 6.74. The highest BCUT2D eigenvalue weighted by Crippen LogP contribution is 2.21. The van der Waals surface area contributed by atoms with Gasteiger partial charge in [0.05, 0.1) is 6.04 Å². The first-order chi connectivity index (χ1) is 12.0. The number of nitrogens with one attached hydrogen (secondary N) is 2. The molecular formula is C20H24N4O. The van der Waals surface area contributed by atoms with Crippen LogP contribution < -0.4 is 10.6 Å². The molecule has 1 atom stereocenters. The fraction of sp³-hybridized carbons (Fsp3) is 0.300. The van der Waals surface area contributed by atoms with E-state index in [9.17, 15) is 4.79 Å². The number of carbonyl (C=O) groups is 1. The van der Waals surface area contributed by atoms with Crippen molar-refractivity contribution in [1.29, 1.82) is 0 Å². The molecule has 0 fully saturated rings. The first kappa shape index (κ1) is 17.0. The third-order valence-corrected chi connectivity index (χ3v) is 4.14. The zero-order valence-electron chi connectivity index (χ0n) is 14.9. The number of hydrogen-bond donors (Lipinski definition) is 2. The maximum Gasteiger partial charge on any atom is 0.319 e. The first-order valence-electron chi connectivity index (χ1n) is 8.59. The van der Waals surface area contributed by atoms with Crippen LogP contribution in [0.4, 0.5) is 10.5 Å². The summed E-state index contributed by atoms with van der Waals surface area (Å²) in [6, 6.07) is 11.6. The molecule has 2 amide bonds. The van der Waals surface area contributed by atoms with Gasteiger partial charge in [-0.15, -0.1) is 0 Å². The van der Waals surface area contributed by atoms with E-state index in [0.717, 1.165) is 23.2 Å². The van der Waals surface area contributed by atoms with Crippen molar-refractivity contribution in [3.63, 3.8) is 0 Å². The van der Waals surface area contributed by atoms with E-state index in [-0.39, 0.29) is 12.1 Å². The van der Waals surface area contributed by atoms with Gasteiger partial charge in [-0.05, 0) is 54.8 Å². The molecule has 0 bridgehead atoms. The Morgan fingerprint density at radius 1 is 1.12 bits per heavy atom. The van der Waals surface area contributed by atoms with Crippen LogP contribution in [0, 0.1) is 5.92 Å². The van der Waals surface area contributed by atoms with E-state index in [4.69, 9.17) is 0 Å². The number of aromatic nitrogens is 2. The molecule has 2 N–H and O–H groups in total. The van der Waals surface area contributed by atoms with Gasteiger partial charge in [-0.25, -0.2) is 4.79 Å². The van der Waals surface area contributed by atoms with Crippen molar-refractivity contribution in [2.75, 3.05) is 5.32 Å². The third-order valence-electron chi connectivity index (χ3n) is 4.14. The number of pyridine rings is 1. The molecule has 2 heterocycles. The Morgan fingerprint density at radius 2 is 1.88 bits per heavy atom. The van der Waals surface area contributed by atoms with Crippen LogP contribution in [-0.4, -0.2) is 15.6 Å². The van der Waals surface area contributed by atoms with E-state index in [1.54, 1.807) is 12.4 Å². The lowest BCUT2D eigenvalue weighted by Crippen LogP contribution is -2.31. The number of amides is 2. The topological polar surface area (TPSA) is 59.0 Å². The average Bonchev–Trinajstić information content (AvgIpc) is 2.97. The van der Waals surface area contributed by atoms with Crippen molar-refractivity contribution in [1.82, 2.24) is 14.9 Å². The van der Waals surface area contributed by atoms with Crippen molar-refractivity contribution >= 4 is 22.6 Å². The number of hydrogen-bond acceptors (Lipinski definition) is 2. The monoisotopic (exact) mass is 336 g/mol. The largest absolute Gasteiger partial charge is 0.347 e. The highest BCUT2D eigenvalue weighted by Gasteiger charge is 2.10. The summed E-state index contributed by atoms with van der Waals surface area (Å²) < 4.78 is 2.25. The number of fused-ring (bicyclic) bond motifs is 1. The summed E-state index contributed by atoms with van der Waals surface area (Å²) >= 11 is 0. The van der Waals surface area contributed by atoms with Gasteiger partial charge in [-0.1, -0.05) is 13.8 Å². The molecule has 0 aliphatic carbocycles. The Balaban J connectivity index is 1.67. The minimum absolute atomic E-state index is 0.0844. The van der Waals surface area contributed by atoms with Crippen LogP contribution >= 0.6 is 0 Å². The van der Waals surface area contributed by atoms with E-state index in [0.29, 0.717) is 5.92 Å². The molecule has 0 aliphatic heterocycles. The fourth-order valence-electron chi connectivity index (χ4n) is 2.93. The van der Waals surface area contributed by atoms with Crippen molar-refractivity contribution in [2.24, 2.45) is 5.92 Å².